The molecule has 0 radical (unpaired) electrons. The van der Waals surface area contributed by atoms with Crippen LogP contribution in [0.25, 0.3) is 6.08 Å². The highest BCUT2D eigenvalue weighted by atomic mass is 35.5. The first-order valence-corrected chi connectivity index (χ1v) is 11.5. The summed E-state index contributed by atoms with van der Waals surface area (Å²) in [5.41, 5.74) is 3.80. The van der Waals surface area contributed by atoms with Crippen LogP contribution in [0.3, 0.4) is 0 Å². The predicted octanol–water partition coefficient (Wildman–Crippen LogP) is 6.89. The molecule has 0 bridgehead atoms. The van der Waals surface area contributed by atoms with Gasteiger partial charge in [0.2, 0.25) is 0 Å². The summed E-state index contributed by atoms with van der Waals surface area (Å²) in [6, 6.07) is 23.1. The number of rotatable bonds is 6. The molecule has 3 nitrogen and oxygen atoms in total. The molecule has 0 atom stereocenters. The number of halogens is 1. The third-order valence-electron chi connectivity index (χ3n) is 4.94. The van der Waals surface area contributed by atoms with Crippen molar-refractivity contribution in [3.63, 3.8) is 0 Å². The van der Waals surface area contributed by atoms with E-state index in [4.69, 9.17) is 28.6 Å². The van der Waals surface area contributed by atoms with E-state index < -0.39 is 0 Å². The Morgan fingerprint density at radius 2 is 1.68 bits per heavy atom. The zero-order valence-corrected chi connectivity index (χ0v) is 19.3. The van der Waals surface area contributed by atoms with Crippen molar-refractivity contribution in [3.8, 4) is 5.75 Å². The van der Waals surface area contributed by atoms with Crippen molar-refractivity contribution in [2.75, 3.05) is 4.90 Å². The molecule has 3 aromatic rings. The first kappa shape index (κ1) is 21.6. The molecule has 0 saturated carbocycles. The minimum Gasteiger partial charge on any atom is -0.489 e. The molecule has 3 aromatic carbocycles. The van der Waals surface area contributed by atoms with E-state index >= 15 is 0 Å². The number of benzene rings is 3. The van der Waals surface area contributed by atoms with Gasteiger partial charge in [0.25, 0.3) is 5.91 Å². The van der Waals surface area contributed by atoms with E-state index in [2.05, 4.69) is 6.92 Å². The minimum absolute atomic E-state index is 0.0880. The Morgan fingerprint density at radius 1 is 1.00 bits per heavy atom. The van der Waals surface area contributed by atoms with Gasteiger partial charge in [-0.3, -0.25) is 9.69 Å². The van der Waals surface area contributed by atoms with Gasteiger partial charge >= 0.3 is 0 Å². The number of anilines is 1. The second-order valence-corrected chi connectivity index (χ2v) is 9.03. The molecule has 31 heavy (non-hydrogen) atoms. The molecule has 6 heteroatoms. The highest BCUT2D eigenvalue weighted by molar-refractivity contribution is 8.27. The molecule has 4 rings (SSSR count). The summed E-state index contributed by atoms with van der Waals surface area (Å²) in [6.45, 7) is 2.47. The molecular formula is C25H20ClNO2S2. The first-order chi connectivity index (χ1) is 15.1. The van der Waals surface area contributed by atoms with Crippen LogP contribution in [0.15, 0.2) is 77.7 Å². The summed E-state index contributed by atoms with van der Waals surface area (Å²) in [4.78, 5) is 15.3. The molecule has 1 aliphatic heterocycles. The van der Waals surface area contributed by atoms with Crippen LogP contribution in [-0.2, 0) is 17.8 Å². The van der Waals surface area contributed by atoms with Crippen LogP contribution in [0.4, 0.5) is 5.69 Å². The molecule has 1 fully saturated rings. The summed E-state index contributed by atoms with van der Waals surface area (Å²) in [7, 11) is 0. The lowest BCUT2D eigenvalue weighted by molar-refractivity contribution is -0.113. The van der Waals surface area contributed by atoms with Gasteiger partial charge in [0.05, 0.1) is 10.6 Å². The Hall–Kier alpha value is -2.60. The number of thioether (sulfide) groups is 1. The van der Waals surface area contributed by atoms with Crippen LogP contribution in [0.5, 0.6) is 5.75 Å². The van der Waals surface area contributed by atoms with Crippen molar-refractivity contribution < 1.29 is 9.53 Å². The molecule has 1 amide bonds. The van der Waals surface area contributed by atoms with Crippen molar-refractivity contribution in [1.82, 2.24) is 0 Å². The first-order valence-electron chi connectivity index (χ1n) is 9.89. The number of hydrogen-bond donors (Lipinski definition) is 0. The zero-order chi connectivity index (χ0) is 21.8. The fourth-order valence-electron chi connectivity index (χ4n) is 3.29. The quantitative estimate of drug-likeness (QED) is 0.293. The molecule has 0 spiro atoms. The molecular weight excluding hydrogens is 446 g/mol. The van der Waals surface area contributed by atoms with Crippen LogP contribution in [0.2, 0.25) is 5.02 Å². The largest absolute Gasteiger partial charge is 0.489 e. The fourth-order valence-corrected chi connectivity index (χ4v) is 4.77. The van der Waals surface area contributed by atoms with Crippen molar-refractivity contribution in [2.24, 2.45) is 0 Å². The third kappa shape index (κ3) is 4.85. The number of para-hydroxylation sites is 1. The van der Waals surface area contributed by atoms with E-state index in [-0.39, 0.29) is 5.91 Å². The molecule has 1 heterocycles. The maximum absolute atomic E-state index is 13.1. The maximum Gasteiger partial charge on any atom is 0.270 e. The molecule has 156 valence electrons. The number of amides is 1. The highest BCUT2D eigenvalue weighted by Crippen LogP contribution is 2.37. The second kappa shape index (κ2) is 9.69. The standard InChI is InChI=1S/C25H20ClNO2S2/c1-2-18-7-4-6-10-22(18)27-24(28)23(31-25(27)30)15-17-11-13-20(14-12-17)29-16-19-8-3-5-9-21(19)26/h3-15H,2,16H2,1H3/b23-15-. The van der Waals surface area contributed by atoms with E-state index in [1.54, 1.807) is 4.90 Å². The van der Waals surface area contributed by atoms with E-state index in [1.165, 1.54) is 11.8 Å². The third-order valence-corrected chi connectivity index (χ3v) is 6.61. The van der Waals surface area contributed by atoms with Crippen LogP contribution in [-0.4, -0.2) is 10.2 Å². The summed E-state index contributed by atoms with van der Waals surface area (Å²) >= 11 is 13.0. The SMILES string of the molecule is CCc1ccccc1N1C(=O)/C(=C/c2ccc(OCc3ccccc3Cl)cc2)SC1=S. The van der Waals surface area contributed by atoms with Gasteiger partial charge in [0.1, 0.15) is 12.4 Å². The van der Waals surface area contributed by atoms with Gasteiger partial charge in [-0.05, 0) is 47.9 Å². The molecule has 0 aromatic heterocycles. The molecule has 0 N–H and O–H groups in total. The monoisotopic (exact) mass is 465 g/mol. The van der Waals surface area contributed by atoms with Gasteiger partial charge < -0.3 is 4.74 Å². The summed E-state index contributed by atoms with van der Waals surface area (Å²) < 4.78 is 6.38. The molecule has 0 unspecified atom stereocenters. The lowest BCUT2D eigenvalue weighted by Gasteiger charge is -2.18. The summed E-state index contributed by atoms with van der Waals surface area (Å²) in [5, 5.41) is 0.686. The Bertz CT molecular complexity index is 1160. The average molecular weight is 466 g/mol. The molecule has 0 aliphatic carbocycles. The lowest BCUT2D eigenvalue weighted by atomic mass is 10.1. The van der Waals surface area contributed by atoms with Gasteiger partial charge in [-0.25, -0.2) is 0 Å². The maximum atomic E-state index is 13.1. The van der Waals surface area contributed by atoms with Gasteiger partial charge in [0, 0.05) is 10.6 Å². The predicted molar refractivity (Wildman–Crippen MR) is 134 cm³/mol. The van der Waals surface area contributed by atoms with Crippen LogP contribution < -0.4 is 9.64 Å². The van der Waals surface area contributed by atoms with Crippen LogP contribution in [0.1, 0.15) is 23.6 Å². The highest BCUT2D eigenvalue weighted by Gasteiger charge is 2.34. The molecule has 1 aliphatic rings. The van der Waals surface area contributed by atoms with E-state index in [1.807, 2.05) is 78.9 Å². The van der Waals surface area contributed by atoms with Gasteiger partial charge in [0.15, 0.2) is 4.32 Å². The topological polar surface area (TPSA) is 29.5 Å². The van der Waals surface area contributed by atoms with E-state index in [0.717, 1.165) is 34.5 Å². The summed E-state index contributed by atoms with van der Waals surface area (Å²) in [6.07, 6.45) is 2.70. The number of carbonyl (C=O) groups excluding carboxylic acids is 1. The van der Waals surface area contributed by atoms with E-state index in [0.29, 0.717) is 20.9 Å². The van der Waals surface area contributed by atoms with Crippen LogP contribution in [0, 0.1) is 0 Å². The number of thiocarbonyl (C=S) groups is 1. The Labute approximate surface area is 196 Å². The van der Waals surface area contributed by atoms with Crippen molar-refractivity contribution in [1.29, 1.82) is 0 Å². The summed E-state index contributed by atoms with van der Waals surface area (Å²) in [5.74, 6) is 0.649. The Balaban J connectivity index is 1.48. The number of nitrogens with zero attached hydrogens (tertiary/aromatic N) is 1. The Kier molecular flexibility index (Phi) is 6.76. The number of hydrogen-bond acceptors (Lipinski definition) is 4. The van der Waals surface area contributed by atoms with Crippen molar-refractivity contribution in [3.05, 3.63) is 99.4 Å². The van der Waals surface area contributed by atoms with Crippen molar-refractivity contribution >= 4 is 57.6 Å². The Morgan fingerprint density at radius 3 is 2.39 bits per heavy atom. The normalized spacial score (nSPS) is 15.0. The van der Waals surface area contributed by atoms with Crippen LogP contribution >= 0.6 is 35.6 Å². The van der Waals surface area contributed by atoms with E-state index in [9.17, 15) is 4.79 Å². The zero-order valence-electron chi connectivity index (χ0n) is 16.9. The van der Waals surface area contributed by atoms with Gasteiger partial charge in [-0.2, -0.15) is 0 Å². The lowest BCUT2D eigenvalue weighted by Crippen LogP contribution is -2.28. The minimum atomic E-state index is -0.0880. The van der Waals surface area contributed by atoms with Gasteiger partial charge in [-0.1, -0.05) is 91.0 Å². The average Bonchev–Trinajstić information content (AvgIpc) is 3.06. The number of ether oxygens (including phenoxy) is 1. The fraction of sp³-hybridized carbons (Fsp3) is 0.120. The second-order valence-electron chi connectivity index (χ2n) is 6.95. The van der Waals surface area contributed by atoms with Gasteiger partial charge in [-0.15, -0.1) is 0 Å². The molecule has 1 saturated heterocycles. The van der Waals surface area contributed by atoms with Crippen molar-refractivity contribution in [2.45, 2.75) is 20.0 Å². The smallest absolute Gasteiger partial charge is 0.270 e. The number of aryl methyl sites for hydroxylation is 1. The number of carbonyl (C=O) groups is 1.